The fourth-order valence-electron chi connectivity index (χ4n) is 2.51. The van der Waals surface area contributed by atoms with E-state index in [1.807, 2.05) is 31.2 Å². The molecule has 2 N–H and O–H groups in total. The van der Waals surface area contributed by atoms with Gasteiger partial charge in [-0.25, -0.2) is 9.38 Å². The molecule has 0 aliphatic carbocycles. The normalized spacial score (nSPS) is 11.2. The number of hydrogen-bond donors (Lipinski definition) is 2. The van der Waals surface area contributed by atoms with Crippen molar-refractivity contribution < 1.29 is 13.9 Å². The van der Waals surface area contributed by atoms with E-state index in [1.54, 1.807) is 20.3 Å². The van der Waals surface area contributed by atoms with E-state index in [9.17, 15) is 4.39 Å². The van der Waals surface area contributed by atoms with Crippen molar-refractivity contribution in [1.29, 1.82) is 0 Å². The molecule has 0 atom stereocenters. The summed E-state index contributed by atoms with van der Waals surface area (Å²) >= 11 is 0. The van der Waals surface area contributed by atoms with Crippen LogP contribution in [0.5, 0.6) is 11.5 Å². The molecule has 2 aromatic carbocycles. The molecule has 2 aromatic rings. The molecule has 0 saturated carbocycles. The molecule has 0 aliphatic rings. The third-order valence-electron chi connectivity index (χ3n) is 3.81. The number of benzene rings is 2. The molecule has 0 saturated heterocycles. The van der Waals surface area contributed by atoms with Crippen LogP contribution < -0.4 is 20.1 Å². The molecule has 0 unspecified atom stereocenters. The summed E-state index contributed by atoms with van der Waals surface area (Å²) in [5.41, 5.74) is 1.97. The van der Waals surface area contributed by atoms with Crippen molar-refractivity contribution in [1.82, 2.24) is 10.6 Å². The first kappa shape index (κ1) is 19.6. The van der Waals surface area contributed by atoms with Crippen molar-refractivity contribution >= 4 is 5.96 Å². The maximum atomic E-state index is 13.2. The lowest BCUT2D eigenvalue weighted by Crippen LogP contribution is -2.38. The standard InChI is InChI=1S/C20H26FN3O2/c1-4-22-20(24-14-16-6-5-7-17(21)12-16)23-11-10-15-8-9-18(25-2)19(13-15)26-3/h5-9,12-13H,4,10-11,14H2,1-3H3,(H2,22,23,24). The first-order valence-electron chi connectivity index (χ1n) is 8.63. The number of nitrogens with zero attached hydrogens (tertiary/aromatic N) is 1. The van der Waals surface area contributed by atoms with E-state index in [4.69, 9.17) is 9.47 Å². The summed E-state index contributed by atoms with van der Waals surface area (Å²) in [5.74, 6) is 1.90. The molecule has 0 radical (unpaired) electrons. The second-order valence-electron chi connectivity index (χ2n) is 5.69. The Morgan fingerprint density at radius 1 is 1.00 bits per heavy atom. The molecule has 0 amide bonds. The third kappa shape index (κ3) is 5.95. The Kier molecular flexibility index (Phi) is 7.74. The van der Waals surface area contributed by atoms with Gasteiger partial charge in [0.05, 0.1) is 20.8 Å². The van der Waals surface area contributed by atoms with E-state index in [-0.39, 0.29) is 5.82 Å². The molecule has 0 aliphatic heterocycles. The minimum absolute atomic E-state index is 0.246. The van der Waals surface area contributed by atoms with E-state index < -0.39 is 0 Å². The van der Waals surface area contributed by atoms with Gasteiger partial charge in [0.25, 0.3) is 0 Å². The fourth-order valence-corrected chi connectivity index (χ4v) is 2.51. The summed E-state index contributed by atoms with van der Waals surface area (Å²) in [6.07, 6.45) is 0.810. The summed E-state index contributed by atoms with van der Waals surface area (Å²) in [4.78, 5) is 4.50. The van der Waals surface area contributed by atoms with E-state index in [2.05, 4.69) is 15.6 Å². The molecule has 2 rings (SSSR count). The Hall–Kier alpha value is -2.76. The van der Waals surface area contributed by atoms with Gasteiger partial charge in [0.15, 0.2) is 17.5 Å². The van der Waals surface area contributed by atoms with Gasteiger partial charge in [-0.3, -0.25) is 0 Å². The maximum absolute atomic E-state index is 13.2. The number of rotatable bonds is 8. The highest BCUT2D eigenvalue weighted by Crippen LogP contribution is 2.27. The van der Waals surface area contributed by atoms with E-state index >= 15 is 0 Å². The number of guanidine groups is 1. The summed E-state index contributed by atoms with van der Waals surface area (Å²) < 4.78 is 23.8. The van der Waals surface area contributed by atoms with Crippen LogP contribution in [-0.4, -0.2) is 33.3 Å². The van der Waals surface area contributed by atoms with Crippen LogP contribution in [0.25, 0.3) is 0 Å². The first-order valence-corrected chi connectivity index (χ1v) is 8.63. The predicted octanol–water partition coefficient (Wildman–Crippen LogP) is 3.14. The van der Waals surface area contributed by atoms with Gasteiger partial charge >= 0.3 is 0 Å². The zero-order chi connectivity index (χ0) is 18.8. The Labute approximate surface area is 154 Å². The molecule has 6 heteroatoms. The van der Waals surface area contributed by atoms with Crippen molar-refractivity contribution in [2.75, 3.05) is 27.3 Å². The minimum Gasteiger partial charge on any atom is -0.493 e. The molecule has 0 bridgehead atoms. The molecule has 5 nitrogen and oxygen atoms in total. The second kappa shape index (κ2) is 10.3. The molecule has 0 heterocycles. The van der Waals surface area contributed by atoms with E-state index in [0.29, 0.717) is 24.8 Å². The van der Waals surface area contributed by atoms with Crippen molar-refractivity contribution in [2.24, 2.45) is 4.99 Å². The summed E-state index contributed by atoms with van der Waals surface area (Å²) in [6, 6.07) is 12.4. The Bertz CT molecular complexity index is 735. The molecule has 0 fully saturated rings. The topological polar surface area (TPSA) is 54.9 Å². The third-order valence-corrected chi connectivity index (χ3v) is 3.81. The molecule has 0 aromatic heterocycles. The highest BCUT2D eigenvalue weighted by Gasteiger charge is 2.05. The number of halogens is 1. The zero-order valence-corrected chi connectivity index (χ0v) is 15.5. The van der Waals surface area contributed by atoms with E-state index in [1.165, 1.54) is 12.1 Å². The average molecular weight is 359 g/mol. The van der Waals surface area contributed by atoms with Crippen molar-refractivity contribution in [3.63, 3.8) is 0 Å². The van der Waals surface area contributed by atoms with Gasteiger partial charge in [-0.1, -0.05) is 18.2 Å². The fraction of sp³-hybridized carbons (Fsp3) is 0.350. The van der Waals surface area contributed by atoms with Gasteiger partial charge < -0.3 is 20.1 Å². The Morgan fingerprint density at radius 3 is 2.50 bits per heavy atom. The first-order chi connectivity index (χ1) is 12.7. The molecule has 26 heavy (non-hydrogen) atoms. The van der Waals surface area contributed by atoms with Crippen LogP contribution in [0.3, 0.4) is 0 Å². The van der Waals surface area contributed by atoms with Crippen molar-refractivity contribution in [3.8, 4) is 11.5 Å². The van der Waals surface area contributed by atoms with Gasteiger partial charge in [0.1, 0.15) is 5.82 Å². The SMILES string of the molecule is CCNC(=NCc1cccc(F)c1)NCCc1ccc(OC)c(OC)c1. The lowest BCUT2D eigenvalue weighted by molar-refractivity contribution is 0.354. The molecule has 0 spiro atoms. The average Bonchev–Trinajstić information content (AvgIpc) is 2.66. The molecular weight excluding hydrogens is 333 g/mol. The van der Waals surface area contributed by atoms with E-state index in [0.717, 1.165) is 29.8 Å². The highest BCUT2D eigenvalue weighted by molar-refractivity contribution is 5.79. The zero-order valence-electron chi connectivity index (χ0n) is 15.5. The predicted molar refractivity (Wildman–Crippen MR) is 102 cm³/mol. The van der Waals surface area contributed by atoms with Crippen LogP contribution in [0.15, 0.2) is 47.5 Å². The Balaban J connectivity index is 1.92. The van der Waals surface area contributed by atoms with Crippen LogP contribution >= 0.6 is 0 Å². The number of ether oxygens (including phenoxy) is 2. The second-order valence-corrected chi connectivity index (χ2v) is 5.69. The maximum Gasteiger partial charge on any atom is 0.191 e. The van der Waals surface area contributed by atoms with Gasteiger partial charge in [-0.05, 0) is 48.7 Å². The summed E-state index contributed by atoms with van der Waals surface area (Å²) in [7, 11) is 3.25. The van der Waals surface area contributed by atoms with Crippen LogP contribution in [-0.2, 0) is 13.0 Å². The summed E-state index contributed by atoms with van der Waals surface area (Å²) in [5, 5.41) is 6.49. The lowest BCUT2D eigenvalue weighted by Gasteiger charge is -2.13. The number of methoxy groups -OCH3 is 2. The number of nitrogens with one attached hydrogen (secondary N) is 2. The summed E-state index contributed by atoms with van der Waals surface area (Å²) in [6.45, 7) is 3.90. The lowest BCUT2D eigenvalue weighted by atomic mass is 10.1. The highest BCUT2D eigenvalue weighted by atomic mass is 19.1. The molecule has 140 valence electrons. The molecular formula is C20H26FN3O2. The van der Waals surface area contributed by atoms with Gasteiger partial charge in [-0.15, -0.1) is 0 Å². The number of hydrogen-bond acceptors (Lipinski definition) is 3. The number of aliphatic imine (C=N–C) groups is 1. The van der Waals surface area contributed by atoms with Crippen LogP contribution in [0.1, 0.15) is 18.1 Å². The van der Waals surface area contributed by atoms with Crippen molar-refractivity contribution in [2.45, 2.75) is 19.9 Å². The van der Waals surface area contributed by atoms with Gasteiger partial charge in [-0.2, -0.15) is 0 Å². The monoisotopic (exact) mass is 359 g/mol. The Morgan fingerprint density at radius 2 is 1.81 bits per heavy atom. The van der Waals surface area contributed by atoms with Crippen LogP contribution in [0, 0.1) is 5.82 Å². The smallest absolute Gasteiger partial charge is 0.191 e. The van der Waals surface area contributed by atoms with Crippen LogP contribution in [0.4, 0.5) is 4.39 Å². The van der Waals surface area contributed by atoms with Gasteiger partial charge in [0, 0.05) is 13.1 Å². The van der Waals surface area contributed by atoms with Crippen molar-refractivity contribution in [3.05, 3.63) is 59.4 Å². The van der Waals surface area contributed by atoms with Gasteiger partial charge in [0.2, 0.25) is 0 Å². The largest absolute Gasteiger partial charge is 0.493 e. The van der Waals surface area contributed by atoms with Crippen LogP contribution in [0.2, 0.25) is 0 Å². The minimum atomic E-state index is -0.246. The quantitative estimate of drug-likeness (QED) is 0.562.